The van der Waals surface area contributed by atoms with E-state index in [1.54, 1.807) is 0 Å². The highest BCUT2D eigenvalue weighted by atomic mass is 32.1. The van der Waals surface area contributed by atoms with Crippen LogP contribution in [0.3, 0.4) is 0 Å². The van der Waals surface area contributed by atoms with Crippen LogP contribution in [0.15, 0.2) is 231 Å². The van der Waals surface area contributed by atoms with Crippen LogP contribution in [0.4, 0.5) is 0 Å². The summed E-state index contributed by atoms with van der Waals surface area (Å²) in [4.78, 5) is 12.3. The monoisotopic (exact) mass is 870 g/mol. The molecular weight excluding hydrogens is 833 g/mol. The molecule has 4 aromatic heterocycles. The summed E-state index contributed by atoms with van der Waals surface area (Å²) in [6.45, 7) is 0. The van der Waals surface area contributed by atoms with Crippen molar-refractivity contribution in [2.45, 2.75) is 0 Å². The van der Waals surface area contributed by atoms with Gasteiger partial charge in [-0.05, 0) is 111 Å². The lowest BCUT2D eigenvalue weighted by atomic mass is 9.98. The summed E-state index contributed by atoms with van der Waals surface area (Å²) in [6.07, 6.45) is 0. The molecule has 0 aliphatic heterocycles. The van der Waals surface area contributed by atoms with E-state index in [1.165, 1.54) is 64.2 Å². The number of rotatable bonds is 6. The molecule has 4 nitrogen and oxygen atoms in total. The number of aromatic nitrogens is 4. The number of thiophene rings is 1. The Hall–Kier alpha value is -8.64. The molecule has 312 valence electrons. The Morgan fingerprint density at radius 2 is 0.866 bits per heavy atom. The van der Waals surface area contributed by atoms with Crippen LogP contribution in [0.25, 0.3) is 131 Å². The quantitative estimate of drug-likeness (QED) is 0.167. The first-order valence-corrected chi connectivity index (χ1v) is 23.5. The number of hydrogen-bond acceptors (Lipinski definition) is 3. The molecule has 0 aliphatic rings. The van der Waals surface area contributed by atoms with E-state index in [1.807, 2.05) is 11.3 Å². The van der Waals surface area contributed by atoms with Crippen LogP contribution in [0, 0.1) is 0 Å². The van der Waals surface area contributed by atoms with Crippen molar-refractivity contribution in [2.24, 2.45) is 0 Å². The number of para-hydroxylation sites is 1. The zero-order valence-electron chi connectivity index (χ0n) is 36.1. The molecule has 0 radical (unpaired) electrons. The van der Waals surface area contributed by atoms with E-state index in [9.17, 15) is 0 Å². The topological polar surface area (TPSA) is 35.6 Å². The van der Waals surface area contributed by atoms with Crippen molar-refractivity contribution in [1.82, 2.24) is 19.1 Å². The first kappa shape index (κ1) is 37.7. The highest BCUT2D eigenvalue weighted by Gasteiger charge is 2.22. The van der Waals surface area contributed by atoms with Gasteiger partial charge >= 0.3 is 0 Å². The number of hydrogen-bond donors (Lipinski definition) is 0. The summed E-state index contributed by atoms with van der Waals surface area (Å²) in [6, 6.07) is 83.3. The number of fused-ring (bicyclic) bond motifs is 11. The van der Waals surface area contributed by atoms with Gasteiger partial charge in [0.15, 0.2) is 0 Å². The minimum absolute atomic E-state index is 0.646. The lowest BCUT2D eigenvalue weighted by Crippen LogP contribution is -2.03. The third-order valence-corrected chi connectivity index (χ3v) is 14.7. The van der Waals surface area contributed by atoms with Crippen molar-refractivity contribution >= 4 is 86.7 Å². The summed E-state index contributed by atoms with van der Waals surface area (Å²) < 4.78 is 5.87. The summed E-state index contributed by atoms with van der Waals surface area (Å²) in [5.74, 6) is 0.646. The summed E-state index contributed by atoms with van der Waals surface area (Å²) in [5.41, 5.74) is 14.4. The molecule has 0 saturated heterocycles. The van der Waals surface area contributed by atoms with Crippen molar-refractivity contribution in [3.05, 3.63) is 231 Å². The molecule has 0 atom stereocenters. The molecule has 0 bridgehead atoms. The minimum Gasteiger partial charge on any atom is -0.309 e. The van der Waals surface area contributed by atoms with Gasteiger partial charge in [0.2, 0.25) is 5.95 Å². The first-order valence-electron chi connectivity index (χ1n) is 22.7. The summed E-state index contributed by atoms with van der Waals surface area (Å²) in [5, 5.41) is 9.55. The van der Waals surface area contributed by atoms with Gasteiger partial charge in [0.05, 0.1) is 33.3 Å². The van der Waals surface area contributed by atoms with Gasteiger partial charge < -0.3 is 4.57 Å². The zero-order valence-corrected chi connectivity index (χ0v) is 37.0. The fraction of sp³-hybridized carbons (Fsp3) is 0. The third-order valence-electron chi connectivity index (χ3n) is 13.5. The molecule has 14 rings (SSSR count). The Labute approximate surface area is 389 Å². The highest BCUT2D eigenvalue weighted by Crippen LogP contribution is 2.44. The molecule has 67 heavy (non-hydrogen) atoms. The predicted molar refractivity (Wildman–Crippen MR) is 283 cm³/mol. The standard InChI is InChI=1S/C62H38N4S/c1-5-15-39(16-6-1)43-27-31-53-49(35-43)50-36-44(45-29-33-55-51(37-45)58-48-24-14-13-17-40(48)26-34-56(58)65(55)47-22-11-4-12-23-47)28-32-54(50)66(53)62-63-52-30-25-46-38-57(41-18-7-2-8-19-41)67-61(46)59(52)60(64-62)42-20-9-3-10-21-42/h1-38H. The lowest BCUT2D eigenvalue weighted by Gasteiger charge is -2.13. The van der Waals surface area contributed by atoms with Crippen molar-refractivity contribution in [3.8, 4) is 55.6 Å². The van der Waals surface area contributed by atoms with Crippen LogP contribution in [0.5, 0.6) is 0 Å². The number of nitrogens with zero attached hydrogens (tertiary/aromatic N) is 4. The summed E-state index contributed by atoms with van der Waals surface area (Å²) in [7, 11) is 0. The first-order chi connectivity index (χ1) is 33.2. The molecule has 0 aliphatic carbocycles. The summed E-state index contributed by atoms with van der Waals surface area (Å²) >= 11 is 1.81. The molecule has 4 heterocycles. The Morgan fingerprint density at radius 1 is 0.328 bits per heavy atom. The zero-order chi connectivity index (χ0) is 44.0. The smallest absolute Gasteiger partial charge is 0.235 e. The second-order valence-electron chi connectivity index (χ2n) is 17.3. The van der Waals surface area contributed by atoms with Gasteiger partial charge in [-0.2, -0.15) is 0 Å². The van der Waals surface area contributed by atoms with Crippen molar-refractivity contribution < 1.29 is 0 Å². The second kappa shape index (κ2) is 15.0. The minimum atomic E-state index is 0.646. The fourth-order valence-electron chi connectivity index (χ4n) is 10.4. The van der Waals surface area contributed by atoms with Gasteiger partial charge in [-0.3, -0.25) is 4.57 Å². The van der Waals surface area contributed by atoms with Crippen LogP contribution in [-0.4, -0.2) is 19.1 Å². The molecule has 5 heteroatoms. The maximum atomic E-state index is 5.58. The maximum Gasteiger partial charge on any atom is 0.235 e. The molecule has 14 aromatic rings. The Kier molecular flexibility index (Phi) is 8.42. The van der Waals surface area contributed by atoms with E-state index < -0.39 is 0 Å². The van der Waals surface area contributed by atoms with E-state index in [2.05, 4.69) is 240 Å². The van der Waals surface area contributed by atoms with E-state index in [0.717, 1.165) is 60.8 Å². The third kappa shape index (κ3) is 5.99. The molecule has 0 unspecified atom stereocenters. The molecule has 0 fully saturated rings. The van der Waals surface area contributed by atoms with Crippen LogP contribution >= 0.6 is 11.3 Å². The van der Waals surface area contributed by atoms with E-state index >= 15 is 0 Å². The molecule has 0 saturated carbocycles. The molecular formula is C62H38N4S. The Balaban J connectivity index is 1.01. The van der Waals surface area contributed by atoms with Crippen molar-refractivity contribution in [2.75, 3.05) is 0 Å². The van der Waals surface area contributed by atoms with Crippen LogP contribution < -0.4 is 0 Å². The Bertz CT molecular complexity index is 4240. The van der Waals surface area contributed by atoms with E-state index in [0.29, 0.717) is 5.95 Å². The normalized spacial score (nSPS) is 11.9. The van der Waals surface area contributed by atoms with Gasteiger partial charge in [-0.15, -0.1) is 11.3 Å². The molecule has 0 N–H and O–H groups in total. The Morgan fingerprint density at radius 3 is 1.55 bits per heavy atom. The van der Waals surface area contributed by atoms with Gasteiger partial charge in [0.1, 0.15) is 0 Å². The van der Waals surface area contributed by atoms with Crippen LogP contribution in [-0.2, 0) is 0 Å². The predicted octanol–water partition coefficient (Wildman–Crippen LogP) is 16.9. The average molecular weight is 871 g/mol. The number of benzene rings is 10. The fourth-order valence-corrected chi connectivity index (χ4v) is 11.6. The molecule has 0 spiro atoms. The molecule has 10 aromatic carbocycles. The SMILES string of the molecule is c1ccc(-c2ccc3c(c2)c2cc(-c4ccc5c(c4)c4c6ccccc6ccc4n5-c4ccccc4)ccc2n3-c2nc(-c3ccccc3)c3c(ccc4cc(-c5ccccc5)sc43)n2)cc1. The van der Waals surface area contributed by atoms with Gasteiger partial charge in [0.25, 0.3) is 0 Å². The van der Waals surface area contributed by atoms with E-state index in [4.69, 9.17) is 9.97 Å². The lowest BCUT2D eigenvalue weighted by molar-refractivity contribution is 1.01. The highest BCUT2D eigenvalue weighted by molar-refractivity contribution is 7.23. The van der Waals surface area contributed by atoms with Crippen molar-refractivity contribution in [3.63, 3.8) is 0 Å². The van der Waals surface area contributed by atoms with E-state index in [-0.39, 0.29) is 0 Å². The van der Waals surface area contributed by atoms with Crippen LogP contribution in [0.2, 0.25) is 0 Å². The largest absolute Gasteiger partial charge is 0.309 e. The second-order valence-corrected chi connectivity index (χ2v) is 18.4. The van der Waals surface area contributed by atoms with Gasteiger partial charge in [-0.25, -0.2) is 9.97 Å². The maximum absolute atomic E-state index is 5.58. The van der Waals surface area contributed by atoms with Crippen molar-refractivity contribution in [1.29, 1.82) is 0 Å². The van der Waals surface area contributed by atoms with Gasteiger partial charge in [0, 0.05) is 47.8 Å². The average Bonchev–Trinajstić information content (AvgIpc) is 4.09. The molecule has 0 amide bonds. The van der Waals surface area contributed by atoms with Gasteiger partial charge in [-0.1, -0.05) is 164 Å². The van der Waals surface area contributed by atoms with Crippen LogP contribution in [0.1, 0.15) is 0 Å².